The highest BCUT2D eigenvalue weighted by Gasteiger charge is 2.40. The SMILES string of the molecule is CCOC1(C(Cc2cccc(F)c2Br)NC)CCCCC1. The summed E-state index contributed by atoms with van der Waals surface area (Å²) in [7, 11) is 1.98. The maximum absolute atomic E-state index is 13.7. The fraction of sp³-hybridized carbons (Fsp3) is 0.647. The standard InChI is InChI=1S/C17H25BrFNO/c1-3-21-17(10-5-4-6-11-17)15(20-2)12-13-8-7-9-14(19)16(13)18/h7-9,15,20H,3-6,10-12H2,1-2H3. The smallest absolute Gasteiger partial charge is 0.137 e. The molecule has 118 valence electrons. The minimum atomic E-state index is -0.198. The molecule has 1 aliphatic rings. The summed E-state index contributed by atoms with van der Waals surface area (Å²) < 4.78 is 20.5. The average Bonchev–Trinajstić information content (AvgIpc) is 2.50. The highest BCUT2D eigenvalue weighted by molar-refractivity contribution is 9.10. The molecule has 0 aliphatic heterocycles. The number of benzene rings is 1. The van der Waals surface area contributed by atoms with Crippen LogP contribution in [0.3, 0.4) is 0 Å². The number of halogens is 2. The predicted octanol–water partition coefficient (Wildman–Crippen LogP) is 4.46. The Kier molecular flexibility index (Phi) is 6.20. The molecule has 0 aromatic heterocycles. The average molecular weight is 358 g/mol. The van der Waals surface area contributed by atoms with E-state index in [1.165, 1.54) is 25.3 Å². The van der Waals surface area contributed by atoms with Gasteiger partial charge in [0.05, 0.1) is 10.1 Å². The zero-order valence-electron chi connectivity index (χ0n) is 12.9. The van der Waals surface area contributed by atoms with E-state index in [9.17, 15) is 4.39 Å². The molecule has 0 amide bonds. The van der Waals surface area contributed by atoms with Crippen molar-refractivity contribution < 1.29 is 9.13 Å². The van der Waals surface area contributed by atoms with E-state index in [2.05, 4.69) is 28.2 Å². The second-order valence-corrected chi connectivity index (χ2v) is 6.61. The van der Waals surface area contributed by atoms with Gasteiger partial charge in [0.2, 0.25) is 0 Å². The second-order valence-electron chi connectivity index (χ2n) is 5.82. The van der Waals surface area contributed by atoms with Crippen LogP contribution >= 0.6 is 15.9 Å². The van der Waals surface area contributed by atoms with E-state index in [0.717, 1.165) is 31.4 Å². The van der Waals surface area contributed by atoms with Gasteiger partial charge in [-0.15, -0.1) is 0 Å². The van der Waals surface area contributed by atoms with Crippen molar-refractivity contribution in [2.45, 2.75) is 57.1 Å². The van der Waals surface area contributed by atoms with Crippen LogP contribution in [0.4, 0.5) is 4.39 Å². The quantitative estimate of drug-likeness (QED) is 0.811. The number of nitrogens with one attached hydrogen (secondary N) is 1. The lowest BCUT2D eigenvalue weighted by Crippen LogP contribution is -2.53. The zero-order valence-corrected chi connectivity index (χ0v) is 14.5. The van der Waals surface area contributed by atoms with Gasteiger partial charge in [-0.3, -0.25) is 0 Å². The van der Waals surface area contributed by atoms with Crippen LogP contribution in [0.15, 0.2) is 22.7 Å². The number of ether oxygens (including phenoxy) is 1. The van der Waals surface area contributed by atoms with Gasteiger partial charge in [-0.1, -0.05) is 31.4 Å². The topological polar surface area (TPSA) is 21.3 Å². The summed E-state index contributed by atoms with van der Waals surface area (Å²) >= 11 is 3.37. The van der Waals surface area contributed by atoms with E-state index in [-0.39, 0.29) is 17.5 Å². The first-order valence-corrected chi connectivity index (χ1v) is 8.66. The molecule has 0 radical (unpaired) electrons. The summed E-state index contributed by atoms with van der Waals surface area (Å²) in [5, 5.41) is 3.42. The van der Waals surface area contributed by atoms with Crippen molar-refractivity contribution in [1.82, 2.24) is 5.32 Å². The van der Waals surface area contributed by atoms with Gasteiger partial charge in [0, 0.05) is 12.6 Å². The van der Waals surface area contributed by atoms with E-state index >= 15 is 0 Å². The molecule has 4 heteroatoms. The summed E-state index contributed by atoms with van der Waals surface area (Å²) in [6.45, 7) is 2.78. The second kappa shape index (κ2) is 7.70. The van der Waals surface area contributed by atoms with Gasteiger partial charge in [0.25, 0.3) is 0 Å². The molecule has 0 spiro atoms. The number of rotatable bonds is 6. The van der Waals surface area contributed by atoms with Crippen LogP contribution in [-0.4, -0.2) is 25.3 Å². The Balaban J connectivity index is 2.22. The summed E-state index contributed by atoms with van der Waals surface area (Å²) in [6.07, 6.45) is 6.65. The monoisotopic (exact) mass is 357 g/mol. The first-order chi connectivity index (χ1) is 10.1. The largest absolute Gasteiger partial charge is 0.374 e. The zero-order chi connectivity index (χ0) is 15.3. The van der Waals surface area contributed by atoms with Gasteiger partial charge in [0.1, 0.15) is 5.82 Å². The van der Waals surface area contributed by atoms with Gasteiger partial charge < -0.3 is 10.1 Å². The van der Waals surface area contributed by atoms with Gasteiger partial charge in [-0.2, -0.15) is 0 Å². The third-order valence-corrected chi connectivity index (χ3v) is 5.46. The summed E-state index contributed by atoms with van der Waals surface area (Å²) in [5.41, 5.74) is 0.882. The first kappa shape index (κ1) is 16.9. The van der Waals surface area contributed by atoms with Gasteiger partial charge >= 0.3 is 0 Å². The fourth-order valence-electron chi connectivity index (χ4n) is 3.51. The lowest BCUT2D eigenvalue weighted by Gasteiger charge is -2.43. The molecule has 1 atom stereocenters. The number of hydrogen-bond donors (Lipinski definition) is 1. The molecule has 1 aromatic carbocycles. The molecule has 1 unspecified atom stereocenters. The lowest BCUT2D eigenvalue weighted by atomic mass is 9.77. The van der Waals surface area contributed by atoms with E-state index < -0.39 is 0 Å². The van der Waals surface area contributed by atoms with Crippen molar-refractivity contribution >= 4 is 15.9 Å². The first-order valence-electron chi connectivity index (χ1n) is 7.87. The summed E-state index contributed by atoms with van der Waals surface area (Å²) in [6, 6.07) is 5.45. The van der Waals surface area contributed by atoms with Crippen molar-refractivity contribution in [2.24, 2.45) is 0 Å². The van der Waals surface area contributed by atoms with E-state index in [0.29, 0.717) is 4.47 Å². The molecule has 0 bridgehead atoms. The molecular weight excluding hydrogens is 333 g/mol. The maximum Gasteiger partial charge on any atom is 0.137 e. The Morgan fingerprint density at radius 2 is 2.05 bits per heavy atom. The van der Waals surface area contributed by atoms with Crippen molar-refractivity contribution in [3.63, 3.8) is 0 Å². The van der Waals surface area contributed by atoms with Crippen molar-refractivity contribution in [2.75, 3.05) is 13.7 Å². The van der Waals surface area contributed by atoms with Crippen molar-refractivity contribution in [1.29, 1.82) is 0 Å². The van der Waals surface area contributed by atoms with E-state index in [4.69, 9.17) is 4.74 Å². The molecule has 1 N–H and O–H groups in total. The molecule has 2 nitrogen and oxygen atoms in total. The maximum atomic E-state index is 13.7. The van der Waals surface area contributed by atoms with Crippen LogP contribution in [0.2, 0.25) is 0 Å². The van der Waals surface area contributed by atoms with Crippen LogP contribution in [0.1, 0.15) is 44.6 Å². The highest BCUT2D eigenvalue weighted by Crippen LogP contribution is 2.36. The molecule has 1 aliphatic carbocycles. The molecular formula is C17H25BrFNO. The molecule has 1 saturated carbocycles. The third-order valence-electron chi connectivity index (χ3n) is 4.57. The van der Waals surface area contributed by atoms with E-state index in [1.54, 1.807) is 6.07 Å². The molecule has 1 aromatic rings. The lowest BCUT2D eigenvalue weighted by molar-refractivity contribution is -0.0884. The Labute approximate surface area is 135 Å². The molecule has 21 heavy (non-hydrogen) atoms. The van der Waals surface area contributed by atoms with Crippen LogP contribution in [0.5, 0.6) is 0 Å². The highest BCUT2D eigenvalue weighted by atomic mass is 79.9. The minimum Gasteiger partial charge on any atom is -0.374 e. The molecule has 0 saturated heterocycles. The van der Waals surface area contributed by atoms with Crippen molar-refractivity contribution in [3.8, 4) is 0 Å². The Morgan fingerprint density at radius 3 is 2.67 bits per heavy atom. The Morgan fingerprint density at radius 1 is 1.33 bits per heavy atom. The minimum absolute atomic E-state index is 0.118. The van der Waals surface area contributed by atoms with Crippen LogP contribution < -0.4 is 5.32 Å². The van der Waals surface area contributed by atoms with E-state index in [1.807, 2.05) is 13.1 Å². The van der Waals surface area contributed by atoms with Crippen LogP contribution in [0, 0.1) is 5.82 Å². The van der Waals surface area contributed by atoms with Gasteiger partial charge in [-0.05, 0) is 60.8 Å². The van der Waals surface area contributed by atoms with Crippen molar-refractivity contribution in [3.05, 3.63) is 34.1 Å². The summed E-state index contributed by atoms with van der Waals surface area (Å²) in [4.78, 5) is 0. The molecule has 0 heterocycles. The fourth-order valence-corrected chi connectivity index (χ4v) is 3.93. The van der Waals surface area contributed by atoms with Gasteiger partial charge in [0.15, 0.2) is 0 Å². The van der Waals surface area contributed by atoms with Crippen LogP contribution in [0.25, 0.3) is 0 Å². The Bertz CT molecular complexity index is 455. The normalized spacial score (nSPS) is 19.4. The number of likely N-dealkylation sites (N-methyl/N-ethyl adjacent to an activating group) is 1. The van der Waals surface area contributed by atoms with Gasteiger partial charge in [-0.25, -0.2) is 4.39 Å². The summed E-state index contributed by atoms with van der Waals surface area (Å²) in [5.74, 6) is -0.198. The molecule has 1 fully saturated rings. The number of hydrogen-bond acceptors (Lipinski definition) is 2. The third kappa shape index (κ3) is 3.85. The Hall–Kier alpha value is -0.450. The molecule has 2 rings (SSSR count). The predicted molar refractivity (Wildman–Crippen MR) is 88.1 cm³/mol. The van der Waals surface area contributed by atoms with Crippen LogP contribution in [-0.2, 0) is 11.2 Å².